The molecule has 0 atom stereocenters. The highest BCUT2D eigenvalue weighted by Gasteiger charge is 2.30. The van der Waals surface area contributed by atoms with E-state index < -0.39 is 28.3 Å². The second kappa shape index (κ2) is 9.40. The van der Waals surface area contributed by atoms with E-state index in [9.17, 15) is 17.6 Å². The van der Waals surface area contributed by atoms with Gasteiger partial charge in [0.25, 0.3) is 10.0 Å². The SMILES string of the molecule is COc1ccc(C)cc1S(=O)(=O)N(CC(=O)Nc1cc(C)cc(C)c1)c1ccc(F)cc1. The van der Waals surface area contributed by atoms with Crippen LogP contribution in [0.25, 0.3) is 0 Å². The molecule has 8 heteroatoms. The van der Waals surface area contributed by atoms with E-state index in [1.54, 1.807) is 31.2 Å². The molecule has 0 aliphatic carbocycles. The quantitative estimate of drug-likeness (QED) is 0.564. The van der Waals surface area contributed by atoms with Crippen LogP contribution in [0.2, 0.25) is 0 Å². The summed E-state index contributed by atoms with van der Waals surface area (Å²) in [6, 6.07) is 15.3. The number of sulfonamides is 1. The lowest BCUT2D eigenvalue weighted by atomic mass is 10.1. The minimum atomic E-state index is -4.21. The van der Waals surface area contributed by atoms with Crippen LogP contribution in [0.5, 0.6) is 5.75 Å². The summed E-state index contributed by atoms with van der Waals surface area (Å²) in [6.07, 6.45) is 0. The molecule has 3 rings (SSSR count). The van der Waals surface area contributed by atoms with Gasteiger partial charge < -0.3 is 10.1 Å². The zero-order valence-corrected chi connectivity index (χ0v) is 19.2. The number of hydrogen-bond donors (Lipinski definition) is 1. The normalized spacial score (nSPS) is 11.2. The number of ether oxygens (including phenoxy) is 1. The lowest BCUT2D eigenvalue weighted by molar-refractivity contribution is -0.114. The van der Waals surface area contributed by atoms with E-state index in [1.165, 1.54) is 25.3 Å². The number of halogens is 1. The van der Waals surface area contributed by atoms with E-state index in [4.69, 9.17) is 4.74 Å². The summed E-state index contributed by atoms with van der Waals surface area (Å²) in [7, 11) is -2.84. The van der Waals surface area contributed by atoms with Gasteiger partial charge in [-0.05, 0) is 86.0 Å². The van der Waals surface area contributed by atoms with E-state index in [2.05, 4.69) is 5.32 Å². The van der Waals surface area contributed by atoms with Crippen LogP contribution < -0.4 is 14.4 Å². The van der Waals surface area contributed by atoms with Crippen molar-refractivity contribution in [2.45, 2.75) is 25.7 Å². The number of aryl methyl sites for hydroxylation is 3. The number of benzene rings is 3. The van der Waals surface area contributed by atoms with Crippen LogP contribution in [0.3, 0.4) is 0 Å². The number of nitrogens with one attached hydrogen (secondary N) is 1. The average Bonchev–Trinajstić information content (AvgIpc) is 2.72. The van der Waals surface area contributed by atoms with Gasteiger partial charge in [-0.1, -0.05) is 12.1 Å². The van der Waals surface area contributed by atoms with E-state index in [-0.39, 0.29) is 16.3 Å². The molecular formula is C24H25FN2O4S. The highest BCUT2D eigenvalue weighted by Crippen LogP contribution is 2.31. The van der Waals surface area contributed by atoms with Crippen molar-refractivity contribution in [1.82, 2.24) is 0 Å². The van der Waals surface area contributed by atoms with Crippen LogP contribution in [0.1, 0.15) is 16.7 Å². The molecule has 0 saturated heterocycles. The Morgan fingerprint density at radius 2 is 1.56 bits per heavy atom. The molecule has 0 fully saturated rings. The summed E-state index contributed by atoms with van der Waals surface area (Å²) in [5.41, 5.74) is 3.37. The average molecular weight is 457 g/mol. The van der Waals surface area contributed by atoms with Crippen LogP contribution >= 0.6 is 0 Å². The van der Waals surface area contributed by atoms with Crippen molar-refractivity contribution in [2.24, 2.45) is 0 Å². The van der Waals surface area contributed by atoms with Crippen molar-refractivity contribution in [3.8, 4) is 5.75 Å². The maximum absolute atomic E-state index is 13.6. The van der Waals surface area contributed by atoms with Crippen LogP contribution in [0.4, 0.5) is 15.8 Å². The van der Waals surface area contributed by atoms with Gasteiger partial charge in [0.2, 0.25) is 5.91 Å². The number of amides is 1. The second-order valence-electron chi connectivity index (χ2n) is 7.57. The molecule has 0 heterocycles. The van der Waals surface area contributed by atoms with E-state index in [0.717, 1.165) is 27.6 Å². The van der Waals surface area contributed by atoms with Crippen LogP contribution in [-0.2, 0) is 14.8 Å². The van der Waals surface area contributed by atoms with Crippen LogP contribution in [0.15, 0.2) is 65.6 Å². The summed E-state index contributed by atoms with van der Waals surface area (Å²) in [5.74, 6) is -0.897. The van der Waals surface area contributed by atoms with Gasteiger partial charge in [0.05, 0.1) is 12.8 Å². The predicted molar refractivity (Wildman–Crippen MR) is 123 cm³/mol. The molecule has 6 nitrogen and oxygen atoms in total. The third kappa shape index (κ3) is 5.26. The molecule has 3 aromatic carbocycles. The molecular weight excluding hydrogens is 431 g/mol. The summed E-state index contributed by atoms with van der Waals surface area (Å²) < 4.78 is 46.9. The Morgan fingerprint density at radius 3 is 2.16 bits per heavy atom. The first-order valence-electron chi connectivity index (χ1n) is 9.91. The number of carbonyl (C=O) groups is 1. The Kier molecular flexibility index (Phi) is 6.84. The first-order chi connectivity index (χ1) is 15.1. The highest BCUT2D eigenvalue weighted by molar-refractivity contribution is 7.93. The highest BCUT2D eigenvalue weighted by atomic mass is 32.2. The van der Waals surface area contributed by atoms with Gasteiger partial charge in [-0.2, -0.15) is 0 Å². The molecule has 0 saturated carbocycles. The van der Waals surface area contributed by atoms with Gasteiger partial charge in [0.1, 0.15) is 23.0 Å². The molecule has 0 aliphatic heterocycles. The Balaban J connectivity index is 2.01. The largest absolute Gasteiger partial charge is 0.495 e. The van der Waals surface area contributed by atoms with Gasteiger partial charge in [-0.3, -0.25) is 9.10 Å². The smallest absolute Gasteiger partial charge is 0.268 e. The predicted octanol–water partition coefficient (Wildman–Crippen LogP) is 4.59. The van der Waals surface area contributed by atoms with Crippen LogP contribution in [0, 0.1) is 26.6 Å². The van der Waals surface area contributed by atoms with Crippen molar-refractivity contribution in [2.75, 3.05) is 23.3 Å². The lowest BCUT2D eigenvalue weighted by Crippen LogP contribution is -2.38. The minimum absolute atomic E-state index is 0.0801. The van der Waals surface area contributed by atoms with Crippen molar-refractivity contribution in [3.63, 3.8) is 0 Å². The fourth-order valence-corrected chi connectivity index (χ4v) is 5.07. The number of hydrogen-bond acceptors (Lipinski definition) is 4. The number of rotatable bonds is 7. The first-order valence-corrected chi connectivity index (χ1v) is 11.4. The Morgan fingerprint density at radius 1 is 0.938 bits per heavy atom. The molecule has 0 aliphatic rings. The zero-order valence-electron chi connectivity index (χ0n) is 18.3. The molecule has 0 aromatic heterocycles. The molecule has 0 radical (unpaired) electrons. The standard InChI is InChI=1S/C24H25FN2O4S/c1-16-5-10-22(31-4)23(14-16)32(29,30)27(21-8-6-19(25)7-9-21)15-24(28)26-20-12-17(2)11-18(3)13-20/h5-14H,15H2,1-4H3,(H,26,28). The molecule has 0 bridgehead atoms. The fourth-order valence-electron chi connectivity index (χ4n) is 3.40. The Labute approximate surface area is 187 Å². The van der Waals surface area contributed by atoms with Crippen LogP contribution in [-0.4, -0.2) is 28.0 Å². The molecule has 3 aromatic rings. The molecule has 1 N–H and O–H groups in total. The van der Waals surface area contributed by atoms with Gasteiger partial charge in [-0.15, -0.1) is 0 Å². The Hall–Kier alpha value is -3.39. The molecule has 0 spiro atoms. The van der Waals surface area contributed by atoms with E-state index in [0.29, 0.717) is 11.3 Å². The first kappa shape index (κ1) is 23.3. The number of anilines is 2. The fraction of sp³-hybridized carbons (Fsp3) is 0.208. The minimum Gasteiger partial charge on any atom is -0.495 e. The number of nitrogens with zero attached hydrogens (tertiary/aromatic N) is 1. The van der Waals surface area contributed by atoms with Gasteiger partial charge in [-0.25, -0.2) is 12.8 Å². The number of methoxy groups -OCH3 is 1. The monoisotopic (exact) mass is 456 g/mol. The van der Waals surface area contributed by atoms with E-state index >= 15 is 0 Å². The molecule has 1 amide bonds. The number of carbonyl (C=O) groups excluding carboxylic acids is 1. The van der Waals surface area contributed by atoms with Crippen molar-refractivity contribution < 1.29 is 22.3 Å². The van der Waals surface area contributed by atoms with Gasteiger partial charge in [0.15, 0.2) is 0 Å². The topological polar surface area (TPSA) is 75.7 Å². The maximum atomic E-state index is 13.6. The summed E-state index contributed by atoms with van der Waals surface area (Å²) in [4.78, 5) is 12.8. The van der Waals surface area contributed by atoms with Gasteiger partial charge >= 0.3 is 0 Å². The van der Waals surface area contributed by atoms with Crippen molar-refractivity contribution in [1.29, 1.82) is 0 Å². The van der Waals surface area contributed by atoms with Crippen molar-refractivity contribution >= 4 is 27.3 Å². The summed E-state index contributed by atoms with van der Waals surface area (Å²) >= 11 is 0. The van der Waals surface area contributed by atoms with Crippen molar-refractivity contribution in [3.05, 3.63) is 83.2 Å². The third-order valence-corrected chi connectivity index (χ3v) is 6.59. The van der Waals surface area contributed by atoms with Gasteiger partial charge in [0, 0.05) is 5.69 Å². The maximum Gasteiger partial charge on any atom is 0.268 e. The third-order valence-electron chi connectivity index (χ3n) is 4.79. The lowest BCUT2D eigenvalue weighted by Gasteiger charge is -2.25. The molecule has 32 heavy (non-hydrogen) atoms. The second-order valence-corrected chi connectivity index (χ2v) is 9.40. The Bertz CT molecular complexity index is 1220. The molecule has 168 valence electrons. The summed E-state index contributed by atoms with van der Waals surface area (Å²) in [6.45, 7) is 5.06. The zero-order chi connectivity index (χ0) is 23.5. The summed E-state index contributed by atoms with van der Waals surface area (Å²) in [5, 5.41) is 2.75. The van der Waals surface area contributed by atoms with E-state index in [1.807, 2.05) is 19.9 Å². The molecule has 0 unspecified atom stereocenters.